The monoisotopic (exact) mass is 190 g/mol. The Labute approximate surface area is 81.1 Å². The number of ether oxygens (including phenoxy) is 1. The molecule has 0 fully saturated rings. The molecule has 0 bridgehead atoms. The van der Waals surface area contributed by atoms with Gasteiger partial charge in [0.15, 0.2) is 0 Å². The molecule has 0 amide bonds. The highest BCUT2D eigenvalue weighted by Crippen LogP contribution is 1.98. The number of aliphatic hydroxyl groups is 1. The molecule has 0 aromatic heterocycles. The van der Waals surface area contributed by atoms with Crippen LogP contribution in [0.4, 0.5) is 0 Å². The topological polar surface area (TPSA) is 35.9 Å². The first-order valence-corrected chi connectivity index (χ1v) is 4.69. The second kappa shape index (κ2) is 7.26. The first kappa shape index (κ1) is 12.8. The zero-order chi connectivity index (χ0) is 10.3. The molecule has 0 saturated heterocycles. The van der Waals surface area contributed by atoms with Crippen LogP contribution >= 0.6 is 0 Å². The van der Waals surface area contributed by atoms with E-state index in [1.807, 2.05) is 33.0 Å². The lowest BCUT2D eigenvalue weighted by Crippen LogP contribution is -2.41. The van der Waals surface area contributed by atoms with Crippen molar-refractivity contribution in [3.05, 3.63) is 0 Å². The summed E-state index contributed by atoms with van der Waals surface area (Å²) in [5.41, 5.74) is 0. The largest absolute Gasteiger partial charge is 0.395 e. The molecule has 0 aliphatic heterocycles. The van der Waals surface area contributed by atoms with Gasteiger partial charge in [0.1, 0.15) is 6.23 Å². The zero-order valence-corrected chi connectivity index (χ0v) is 9.16. The highest BCUT2D eigenvalue weighted by Gasteiger charge is 2.12. The van der Waals surface area contributed by atoms with Gasteiger partial charge in [0.05, 0.1) is 6.61 Å². The smallest absolute Gasteiger partial charge is 0.122 e. The van der Waals surface area contributed by atoms with Gasteiger partial charge in [-0.05, 0) is 28.1 Å². The molecule has 0 aromatic rings. The third-order valence-corrected chi connectivity index (χ3v) is 1.88. The SMILES string of the molecule is CCOC(CN(C)CCO)N(C)C. The molecule has 1 N–H and O–H groups in total. The third-order valence-electron chi connectivity index (χ3n) is 1.88. The minimum Gasteiger partial charge on any atom is -0.395 e. The quantitative estimate of drug-likeness (QED) is 0.566. The molecule has 80 valence electrons. The maximum atomic E-state index is 8.72. The molecular formula is C9H22N2O2. The Balaban J connectivity index is 3.79. The standard InChI is InChI=1S/C9H22N2O2/c1-5-13-9(10(2)3)8-11(4)6-7-12/h9,12H,5-8H2,1-4H3. The van der Waals surface area contributed by atoms with Crippen LogP contribution in [-0.4, -0.2) is 68.6 Å². The van der Waals surface area contributed by atoms with Gasteiger partial charge in [0.2, 0.25) is 0 Å². The van der Waals surface area contributed by atoms with E-state index in [-0.39, 0.29) is 12.8 Å². The van der Waals surface area contributed by atoms with Crippen molar-refractivity contribution in [3.8, 4) is 0 Å². The van der Waals surface area contributed by atoms with Gasteiger partial charge < -0.3 is 14.7 Å². The molecule has 0 saturated carbocycles. The number of aliphatic hydroxyl groups excluding tert-OH is 1. The van der Waals surface area contributed by atoms with Crippen LogP contribution in [0.5, 0.6) is 0 Å². The average molecular weight is 190 g/mol. The number of rotatable bonds is 7. The van der Waals surface area contributed by atoms with E-state index in [4.69, 9.17) is 9.84 Å². The molecule has 0 heterocycles. The predicted octanol–water partition coefficient (Wildman–Crippen LogP) is -0.165. The van der Waals surface area contributed by atoms with Crippen LogP contribution in [0.25, 0.3) is 0 Å². The van der Waals surface area contributed by atoms with Gasteiger partial charge >= 0.3 is 0 Å². The second-order valence-electron chi connectivity index (χ2n) is 3.36. The van der Waals surface area contributed by atoms with Crippen LogP contribution in [0.3, 0.4) is 0 Å². The van der Waals surface area contributed by atoms with Crippen molar-refractivity contribution in [3.63, 3.8) is 0 Å². The van der Waals surface area contributed by atoms with E-state index in [2.05, 4.69) is 4.90 Å². The lowest BCUT2D eigenvalue weighted by molar-refractivity contribution is -0.0472. The van der Waals surface area contributed by atoms with Gasteiger partial charge in [-0.2, -0.15) is 0 Å². The van der Waals surface area contributed by atoms with Crippen molar-refractivity contribution in [2.75, 3.05) is 47.4 Å². The van der Waals surface area contributed by atoms with Crippen molar-refractivity contribution in [2.24, 2.45) is 0 Å². The molecule has 1 unspecified atom stereocenters. The highest BCUT2D eigenvalue weighted by atomic mass is 16.5. The molecule has 0 radical (unpaired) electrons. The summed E-state index contributed by atoms with van der Waals surface area (Å²) < 4.78 is 5.52. The molecule has 0 spiro atoms. The number of hydrogen-bond donors (Lipinski definition) is 1. The summed E-state index contributed by atoms with van der Waals surface area (Å²) in [7, 11) is 5.96. The van der Waals surface area contributed by atoms with E-state index in [0.717, 1.165) is 13.2 Å². The van der Waals surface area contributed by atoms with Gasteiger partial charge in [-0.1, -0.05) is 0 Å². The van der Waals surface area contributed by atoms with Gasteiger partial charge in [0, 0.05) is 19.7 Å². The van der Waals surface area contributed by atoms with E-state index < -0.39 is 0 Å². The zero-order valence-electron chi connectivity index (χ0n) is 9.16. The minimum atomic E-state index is 0.113. The van der Waals surface area contributed by atoms with Crippen molar-refractivity contribution >= 4 is 0 Å². The molecular weight excluding hydrogens is 168 g/mol. The molecule has 4 nitrogen and oxygen atoms in total. The first-order valence-electron chi connectivity index (χ1n) is 4.69. The van der Waals surface area contributed by atoms with Gasteiger partial charge in [-0.15, -0.1) is 0 Å². The summed E-state index contributed by atoms with van der Waals surface area (Å²) in [6, 6.07) is 0. The van der Waals surface area contributed by atoms with Crippen LogP contribution in [0.2, 0.25) is 0 Å². The van der Waals surface area contributed by atoms with Crippen LogP contribution in [0, 0.1) is 0 Å². The Hall–Kier alpha value is -0.160. The van der Waals surface area contributed by atoms with Crippen molar-refractivity contribution in [1.29, 1.82) is 0 Å². The minimum absolute atomic E-state index is 0.113. The fourth-order valence-corrected chi connectivity index (χ4v) is 1.09. The summed E-state index contributed by atoms with van der Waals surface area (Å²) >= 11 is 0. The Morgan fingerprint density at radius 3 is 2.31 bits per heavy atom. The van der Waals surface area contributed by atoms with Gasteiger partial charge in [-0.3, -0.25) is 4.90 Å². The van der Waals surface area contributed by atoms with Crippen LogP contribution in [0.1, 0.15) is 6.92 Å². The van der Waals surface area contributed by atoms with Crippen LogP contribution in [0.15, 0.2) is 0 Å². The Bertz CT molecular complexity index is 120. The third kappa shape index (κ3) is 5.99. The van der Waals surface area contributed by atoms with Crippen LogP contribution < -0.4 is 0 Å². The molecule has 1 atom stereocenters. The number of hydrogen-bond acceptors (Lipinski definition) is 4. The molecule has 0 aliphatic carbocycles. The van der Waals surface area contributed by atoms with E-state index >= 15 is 0 Å². The summed E-state index contributed by atoms with van der Waals surface area (Å²) in [5, 5.41) is 8.72. The molecule has 0 aliphatic rings. The van der Waals surface area contributed by atoms with Crippen molar-refractivity contribution in [1.82, 2.24) is 9.80 Å². The van der Waals surface area contributed by atoms with Gasteiger partial charge in [0.25, 0.3) is 0 Å². The highest BCUT2D eigenvalue weighted by molar-refractivity contribution is 4.60. The summed E-state index contributed by atoms with van der Waals surface area (Å²) in [5.74, 6) is 0. The Morgan fingerprint density at radius 2 is 1.92 bits per heavy atom. The van der Waals surface area contributed by atoms with E-state index in [9.17, 15) is 0 Å². The normalized spacial score (nSPS) is 14.1. The van der Waals surface area contributed by atoms with Crippen molar-refractivity contribution in [2.45, 2.75) is 13.2 Å². The molecule has 4 heteroatoms. The lowest BCUT2D eigenvalue weighted by atomic mass is 10.4. The molecule has 0 aromatic carbocycles. The Kier molecular flexibility index (Phi) is 7.17. The van der Waals surface area contributed by atoms with Crippen molar-refractivity contribution < 1.29 is 9.84 Å². The van der Waals surface area contributed by atoms with E-state index in [1.165, 1.54) is 0 Å². The maximum Gasteiger partial charge on any atom is 0.122 e. The van der Waals surface area contributed by atoms with E-state index in [0.29, 0.717) is 6.54 Å². The van der Waals surface area contributed by atoms with Gasteiger partial charge in [-0.25, -0.2) is 0 Å². The first-order chi connectivity index (χ1) is 6.11. The number of likely N-dealkylation sites (N-methyl/N-ethyl adjacent to an activating group) is 2. The second-order valence-corrected chi connectivity index (χ2v) is 3.36. The Morgan fingerprint density at radius 1 is 1.31 bits per heavy atom. The number of nitrogens with zero attached hydrogens (tertiary/aromatic N) is 2. The van der Waals surface area contributed by atoms with Crippen LogP contribution in [-0.2, 0) is 4.74 Å². The molecule has 13 heavy (non-hydrogen) atoms. The lowest BCUT2D eigenvalue weighted by Gasteiger charge is -2.28. The van der Waals surface area contributed by atoms with E-state index in [1.54, 1.807) is 0 Å². The average Bonchev–Trinajstić information content (AvgIpc) is 2.04. The maximum absolute atomic E-state index is 8.72. The summed E-state index contributed by atoms with van der Waals surface area (Å²) in [4.78, 5) is 4.09. The fraction of sp³-hybridized carbons (Fsp3) is 1.00. The fourth-order valence-electron chi connectivity index (χ4n) is 1.09. The predicted molar refractivity (Wildman–Crippen MR) is 53.7 cm³/mol. The summed E-state index contributed by atoms with van der Waals surface area (Å²) in [6.45, 7) is 4.42. The molecule has 0 rings (SSSR count). The summed E-state index contributed by atoms with van der Waals surface area (Å²) in [6.07, 6.45) is 0.113.